The Bertz CT molecular complexity index is 1750. The van der Waals surface area contributed by atoms with Gasteiger partial charge in [-0.05, 0) is 48.9 Å². The molecule has 6 rings (SSSR count). The largest absolute Gasteiger partial charge is 0.496 e. The van der Waals surface area contributed by atoms with Gasteiger partial charge in [0.25, 0.3) is 0 Å². The predicted octanol–water partition coefficient (Wildman–Crippen LogP) is 5.42. The number of aromatic nitrogens is 1. The highest BCUT2D eigenvalue weighted by Crippen LogP contribution is 2.55. The molecule has 1 fully saturated rings. The number of fused-ring (bicyclic) bond motifs is 2. The Labute approximate surface area is 252 Å². The molecule has 2 aliphatic heterocycles. The molecule has 1 aromatic heterocycles. The first kappa shape index (κ1) is 27.5. The molecule has 208 valence electrons. The van der Waals surface area contributed by atoms with E-state index in [1.165, 1.54) is 21.2 Å². The van der Waals surface area contributed by atoms with Gasteiger partial charge in [0.05, 0.1) is 23.7 Å². The first-order chi connectivity index (χ1) is 19.8. The number of nitrogens with one attached hydrogen (secondary N) is 1. The van der Waals surface area contributed by atoms with Gasteiger partial charge in [-0.25, -0.2) is 4.90 Å². The highest BCUT2D eigenvalue weighted by molar-refractivity contribution is 9.10. The molecule has 3 amide bonds. The summed E-state index contributed by atoms with van der Waals surface area (Å²) in [4.78, 5) is 55.9. The van der Waals surface area contributed by atoms with E-state index in [1.807, 2.05) is 43.3 Å². The fraction of sp³-hybridized carbons (Fsp3) is 0.200. The highest BCUT2D eigenvalue weighted by Gasteiger charge is 2.57. The molecule has 8 nitrogen and oxygen atoms in total. The maximum atomic E-state index is 14.0. The molecule has 41 heavy (non-hydrogen) atoms. The molecule has 0 radical (unpaired) electrons. The zero-order valence-electron chi connectivity index (χ0n) is 22.0. The van der Waals surface area contributed by atoms with Crippen LogP contribution in [0, 0.1) is 12.8 Å². The molecule has 0 aliphatic carbocycles. The second-order valence-electron chi connectivity index (χ2n) is 9.76. The van der Waals surface area contributed by atoms with E-state index in [4.69, 9.17) is 4.74 Å². The number of para-hydroxylation sites is 2. The summed E-state index contributed by atoms with van der Waals surface area (Å²) in [5.41, 5.74) is 2.76. The summed E-state index contributed by atoms with van der Waals surface area (Å²) < 4.78 is 7.90. The van der Waals surface area contributed by atoms with Gasteiger partial charge in [0.1, 0.15) is 17.5 Å². The Kier molecular flexibility index (Phi) is 7.35. The van der Waals surface area contributed by atoms with E-state index in [1.54, 1.807) is 43.5 Å². The smallest absolute Gasteiger partial charge is 0.308 e. The van der Waals surface area contributed by atoms with E-state index in [-0.39, 0.29) is 29.1 Å². The van der Waals surface area contributed by atoms with Crippen molar-refractivity contribution in [2.24, 2.45) is 5.92 Å². The second-order valence-corrected chi connectivity index (χ2v) is 12.8. The van der Waals surface area contributed by atoms with Crippen LogP contribution in [-0.2, 0) is 20.9 Å². The summed E-state index contributed by atoms with van der Waals surface area (Å²) in [6.07, 6.45) is 0. The number of rotatable bonds is 6. The molecular formula is C30H24BrN3O5S2. The maximum absolute atomic E-state index is 14.0. The summed E-state index contributed by atoms with van der Waals surface area (Å²) in [7, 11) is 1.55. The van der Waals surface area contributed by atoms with E-state index < -0.39 is 17.1 Å². The minimum absolute atomic E-state index is 0.222. The Morgan fingerprint density at radius 3 is 2.41 bits per heavy atom. The van der Waals surface area contributed by atoms with Crippen molar-refractivity contribution < 1.29 is 19.1 Å². The van der Waals surface area contributed by atoms with E-state index in [2.05, 4.69) is 21.2 Å². The van der Waals surface area contributed by atoms with Crippen molar-refractivity contribution in [1.82, 2.24) is 4.57 Å². The third-order valence-electron chi connectivity index (χ3n) is 7.33. The van der Waals surface area contributed by atoms with Crippen LogP contribution in [-0.4, -0.2) is 34.6 Å². The van der Waals surface area contributed by atoms with Crippen LogP contribution in [0.4, 0.5) is 11.4 Å². The molecule has 3 atom stereocenters. The van der Waals surface area contributed by atoms with Crippen LogP contribution in [0.2, 0.25) is 0 Å². The summed E-state index contributed by atoms with van der Waals surface area (Å²) in [5, 5.41) is 2.62. The van der Waals surface area contributed by atoms with Crippen molar-refractivity contribution in [1.29, 1.82) is 0 Å². The van der Waals surface area contributed by atoms with Gasteiger partial charge in [-0.15, -0.1) is 0 Å². The molecule has 3 heterocycles. The third kappa shape index (κ3) is 4.81. The van der Waals surface area contributed by atoms with Crippen molar-refractivity contribution in [3.63, 3.8) is 0 Å². The normalized spacial score (nSPS) is 19.6. The van der Waals surface area contributed by atoms with Gasteiger partial charge in [-0.2, -0.15) is 0 Å². The van der Waals surface area contributed by atoms with Crippen molar-refractivity contribution in [3.8, 4) is 5.75 Å². The van der Waals surface area contributed by atoms with Crippen LogP contribution < -0.4 is 19.8 Å². The molecule has 1 saturated heterocycles. The van der Waals surface area contributed by atoms with Crippen molar-refractivity contribution in [3.05, 3.63) is 103 Å². The highest BCUT2D eigenvalue weighted by atomic mass is 79.9. The lowest BCUT2D eigenvalue weighted by Gasteiger charge is -2.31. The molecule has 1 N–H and O–H groups in total. The fourth-order valence-corrected chi connectivity index (χ4v) is 8.43. The number of thiazole rings is 1. The minimum atomic E-state index is -0.784. The number of carbonyl (C=O) groups is 3. The standard InChI is InChI=1S/C30H24BrN3O5S2/c1-16-7-3-5-9-20(16)32-22(35)15-33-29-26(41-30(33)38)23(19-8-4-6-10-21(19)39-2)24-25(40-29)28(37)34(27(24)36)18-13-11-17(31)12-14-18/h3-14,23-25H,15H2,1-2H3,(H,32,35)/t23-,24?,25?/m1/s1. The van der Waals surface area contributed by atoms with Crippen molar-refractivity contribution in [2.75, 3.05) is 17.3 Å². The summed E-state index contributed by atoms with van der Waals surface area (Å²) in [6.45, 7) is 1.67. The molecule has 11 heteroatoms. The van der Waals surface area contributed by atoms with Crippen LogP contribution in [0.1, 0.15) is 21.9 Å². The lowest BCUT2D eigenvalue weighted by molar-refractivity contribution is -0.122. The number of ether oxygens (including phenoxy) is 1. The number of benzene rings is 3. The molecule has 0 saturated carbocycles. The lowest BCUT2D eigenvalue weighted by Crippen LogP contribution is -2.33. The predicted molar refractivity (Wildman–Crippen MR) is 163 cm³/mol. The number of anilines is 2. The fourth-order valence-electron chi connectivity index (χ4n) is 5.40. The van der Waals surface area contributed by atoms with E-state index in [9.17, 15) is 19.2 Å². The average molecular weight is 651 g/mol. The first-order valence-corrected chi connectivity index (χ1v) is 15.3. The number of carbonyl (C=O) groups excluding carboxylic acids is 3. The molecular weight excluding hydrogens is 626 g/mol. The topological polar surface area (TPSA) is 97.7 Å². The first-order valence-electron chi connectivity index (χ1n) is 12.8. The number of imide groups is 1. The maximum Gasteiger partial charge on any atom is 0.308 e. The van der Waals surface area contributed by atoms with E-state index >= 15 is 0 Å². The molecule has 3 aromatic carbocycles. The number of amides is 3. The van der Waals surface area contributed by atoms with Crippen LogP contribution in [0.3, 0.4) is 0 Å². The van der Waals surface area contributed by atoms with Gasteiger partial charge in [-0.1, -0.05) is 75.4 Å². The van der Waals surface area contributed by atoms with E-state index in [0.717, 1.165) is 21.4 Å². The summed E-state index contributed by atoms with van der Waals surface area (Å²) in [6, 6.07) is 21.8. The van der Waals surface area contributed by atoms with Gasteiger partial charge < -0.3 is 10.1 Å². The molecule has 4 aromatic rings. The SMILES string of the molecule is COc1ccccc1[C@H]1c2sc(=O)n(CC(=O)Nc3ccccc3C)c2SC2C(=O)N(c3ccc(Br)cc3)C(=O)C21. The van der Waals surface area contributed by atoms with Crippen LogP contribution >= 0.6 is 39.0 Å². The average Bonchev–Trinajstić information content (AvgIpc) is 3.41. The van der Waals surface area contributed by atoms with Gasteiger partial charge in [0, 0.05) is 26.5 Å². The van der Waals surface area contributed by atoms with Gasteiger partial charge in [0.2, 0.25) is 17.7 Å². The molecule has 0 bridgehead atoms. The van der Waals surface area contributed by atoms with Gasteiger partial charge >= 0.3 is 4.87 Å². The molecule has 0 spiro atoms. The zero-order valence-corrected chi connectivity index (χ0v) is 25.2. The Morgan fingerprint density at radius 2 is 1.68 bits per heavy atom. The summed E-state index contributed by atoms with van der Waals surface area (Å²) in [5.74, 6) is -1.85. The Hall–Kier alpha value is -3.67. The van der Waals surface area contributed by atoms with Crippen molar-refractivity contribution in [2.45, 2.75) is 29.7 Å². The number of nitrogens with zero attached hydrogens (tertiary/aromatic N) is 2. The van der Waals surface area contributed by atoms with Gasteiger partial charge in [0.15, 0.2) is 0 Å². The van der Waals surface area contributed by atoms with Crippen LogP contribution in [0.25, 0.3) is 0 Å². The second kappa shape index (κ2) is 11.0. The number of methoxy groups -OCH3 is 1. The quantitative estimate of drug-likeness (QED) is 0.280. The Balaban J connectivity index is 1.44. The molecule has 2 unspecified atom stereocenters. The van der Waals surface area contributed by atoms with Crippen molar-refractivity contribution >= 4 is 68.1 Å². The number of hydrogen-bond acceptors (Lipinski definition) is 7. The number of thioether (sulfide) groups is 1. The summed E-state index contributed by atoms with van der Waals surface area (Å²) >= 11 is 5.59. The van der Waals surface area contributed by atoms with Crippen LogP contribution in [0.15, 0.2) is 87.1 Å². The minimum Gasteiger partial charge on any atom is -0.496 e. The number of hydrogen-bond donors (Lipinski definition) is 1. The van der Waals surface area contributed by atoms with Crippen LogP contribution in [0.5, 0.6) is 5.75 Å². The van der Waals surface area contributed by atoms with Gasteiger partial charge in [-0.3, -0.25) is 23.7 Å². The Morgan fingerprint density at radius 1 is 0.976 bits per heavy atom. The number of halogens is 1. The third-order valence-corrected chi connectivity index (χ3v) is 10.5. The zero-order chi connectivity index (χ0) is 28.8. The number of aryl methyl sites for hydroxylation is 1. The lowest BCUT2D eigenvalue weighted by atomic mass is 9.82. The molecule has 2 aliphatic rings. The van der Waals surface area contributed by atoms with E-state index in [0.29, 0.717) is 32.6 Å². The monoisotopic (exact) mass is 649 g/mol.